The molecule has 4 aromatic heterocycles. The van der Waals surface area contributed by atoms with Crippen LogP contribution in [0.4, 0.5) is 0 Å². The third-order valence-corrected chi connectivity index (χ3v) is 20.7. The number of aldehydes is 1. The van der Waals surface area contributed by atoms with Crippen LogP contribution in [0.1, 0.15) is 78.2 Å². The molecule has 2 atom stereocenters. The Labute approximate surface area is 617 Å². The number of methoxy groups -OCH3 is 4. The molecule has 560 valence electrons. The first-order valence-corrected chi connectivity index (χ1v) is 34.8. The van der Waals surface area contributed by atoms with Crippen LogP contribution >= 0.6 is 0 Å². The summed E-state index contributed by atoms with van der Waals surface area (Å²) in [7, 11) is 10.2. The Balaban J connectivity index is 0.000000155. The molecule has 16 rings (SSSR count). The predicted molar refractivity (Wildman–Crippen MR) is 388 cm³/mol. The molecule has 0 saturated carbocycles. The van der Waals surface area contributed by atoms with Crippen molar-refractivity contribution in [3.8, 4) is 56.8 Å². The normalized spacial score (nSPS) is 18.8. The van der Waals surface area contributed by atoms with E-state index in [1.165, 1.54) is 18.2 Å². The van der Waals surface area contributed by atoms with Gasteiger partial charge in [0.05, 0.1) is 72.6 Å². The van der Waals surface area contributed by atoms with Gasteiger partial charge in [0.1, 0.15) is 59.8 Å². The average molecular weight is 1480 g/mol. The number of aryl methyl sites for hydroxylation is 2. The standard InChI is InChI=1S/C38H38N6O8.C23H26N4O3.C15H12N2O6.CH2O2/c1-41-16-28(24-8-9-39-15-27(24)35(41)47)22-12-31(50-2)29(32(13-22)51-3)17-43-20-38(21-43)18-42(19-38)10-11-52-23-4-5-25-26(14-23)37(49)44(36(25)48)30-6-7-33(45)40-34(30)46;1-26-9-18(16-4-5-24-8-17(16)22(26)28)15-6-20(29-2)19(21(7-15)30-3)10-27-13-23(14-27)11-25-12-23;18-5-6-23-8-1-2-9-10(7-8)15(22)17(14(9)21)11-3-4-12(19)16-13(11)20;2-1-3/h4-5,8-9,12-16,30H,6-7,10-11,17-21H2,1-3H3,(H,40,45,46);4-9,25H,10-14H2,1-3H3;1-2,5,7,11H,3-4,6H2,(H,16,19,20);1H,(H,2,3). The molecule has 31 nitrogen and oxygen atoms in total. The lowest BCUT2D eigenvalue weighted by molar-refractivity contribution is -0.137. The summed E-state index contributed by atoms with van der Waals surface area (Å²) in [6.07, 6.45) is 11.2. The Hall–Kier alpha value is -12.1. The molecule has 2 spiro atoms. The lowest BCUT2D eigenvalue weighted by Gasteiger charge is -2.60. The van der Waals surface area contributed by atoms with Crippen LogP contribution in [0.25, 0.3) is 43.8 Å². The Kier molecular flexibility index (Phi) is 21.2. The maximum atomic E-state index is 13.1. The fourth-order valence-corrected chi connectivity index (χ4v) is 15.6. The lowest BCUT2D eigenvalue weighted by atomic mass is 9.72. The molecule has 31 heteroatoms. The zero-order valence-electron chi connectivity index (χ0n) is 60.0. The van der Waals surface area contributed by atoms with Gasteiger partial charge in [-0.2, -0.15) is 0 Å². The topological polar surface area (TPSA) is 368 Å². The second-order valence-electron chi connectivity index (χ2n) is 27.8. The number of carbonyl (C=O) groups excluding carboxylic acids is 9. The van der Waals surface area contributed by atoms with E-state index in [-0.39, 0.29) is 83.3 Å². The molecule has 12 heterocycles. The first-order chi connectivity index (χ1) is 52.0. The molecule has 4 aromatic carbocycles. The molecule has 8 amide bonds. The molecular formula is C77H78N12O19. The van der Waals surface area contributed by atoms with Gasteiger partial charge in [0, 0.05) is 158 Å². The molecular weight excluding hydrogens is 1400 g/mol. The van der Waals surface area contributed by atoms with Gasteiger partial charge in [-0.3, -0.25) is 103 Å². The molecule has 0 aliphatic carbocycles. The van der Waals surface area contributed by atoms with Crippen molar-refractivity contribution in [1.82, 2.24) is 59.6 Å². The van der Waals surface area contributed by atoms with Gasteiger partial charge in [0.2, 0.25) is 23.6 Å². The lowest BCUT2D eigenvalue weighted by Crippen LogP contribution is -2.71. The van der Waals surface area contributed by atoms with Crippen molar-refractivity contribution in [1.29, 1.82) is 0 Å². The fourth-order valence-electron chi connectivity index (χ4n) is 15.6. The fraction of sp³-hybridized carbons (Fsp3) is 0.351. The number of ether oxygens (including phenoxy) is 6. The average Bonchev–Trinajstić information content (AvgIpc) is 0.813. The number of carboxylic acid groups (broad SMARTS) is 1. The number of nitrogens with one attached hydrogen (secondary N) is 3. The van der Waals surface area contributed by atoms with E-state index < -0.39 is 59.3 Å². The smallest absolute Gasteiger partial charge is 0.290 e. The predicted octanol–water partition coefficient (Wildman–Crippen LogP) is 3.60. The summed E-state index contributed by atoms with van der Waals surface area (Å²) >= 11 is 0. The number of fused-ring (bicyclic) bond motifs is 4. The van der Waals surface area contributed by atoms with Crippen molar-refractivity contribution in [3.05, 3.63) is 164 Å². The summed E-state index contributed by atoms with van der Waals surface area (Å²) in [4.78, 5) is 159. The molecule has 6 fully saturated rings. The number of amides is 8. The molecule has 6 saturated heterocycles. The molecule has 4 N–H and O–H groups in total. The monoisotopic (exact) mass is 1470 g/mol. The third-order valence-electron chi connectivity index (χ3n) is 20.7. The van der Waals surface area contributed by atoms with E-state index in [0.717, 1.165) is 136 Å². The van der Waals surface area contributed by atoms with Gasteiger partial charge >= 0.3 is 0 Å². The Morgan fingerprint density at radius 3 is 1.29 bits per heavy atom. The number of benzene rings is 4. The quantitative estimate of drug-likeness (QED) is 0.0663. The highest BCUT2D eigenvalue weighted by molar-refractivity contribution is 6.24. The van der Waals surface area contributed by atoms with Crippen LogP contribution in [-0.2, 0) is 56.0 Å². The van der Waals surface area contributed by atoms with Crippen molar-refractivity contribution in [2.24, 2.45) is 24.9 Å². The maximum absolute atomic E-state index is 13.1. The van der Waals surface area contributed by atoms with Gasteiger partial charge < -0.3 is 48.0 Å². The van der Waals surface area contributed by atoms with Gasteiger partial charge in [-0.15, -0.1) is 0 Å². The van der Waals surface area contributed by atoms with Gasteiger partial charge in [-0.25, -0.2) is 0 Å². The van der Waals surface area contributed by atoms with E-state index in [1.54, 1.807) is 94.7 Å². The minimum absolute atomic E-state index is 0.0606. The molecule has 2 unspecified atom stereocenters. The maximum Gasteiger partial charge on any atom is 0.290 e. The summed E-state index contributed by atoms with van der Waals surface area (Å²) in [5, 5.41) is 17.4. The number of rotatable bonds is 19. The summed E-state index contributed by atoms with van der Waals surface area (Å²) < 4.78 is 37.6. The second kappa shape index (κ2) is 30.8. The summed E-state index contributed by atoms with van der Waals surface area (Å²) in [6.45, 7) is 10.4. The van der Waals surface area contributed by atoms with E-state index in [1.807, 2.05) is 48.8 Å². The highest BCUT2D eigenvalue weighted by Crippen LogP contribution is 2.45. The molecule has 0 radical (unpaired) electrons. The number of carbonyl (C=O) groups is 10. The van der Waals surface area contributed by atoms with Gasteiger partial charge in [0.25, 0.3) is 41.2 Å². The number of nitrogens with zero attached hydrogens (tertiary/aromatic N) is 9. The van der Waals surface area contributed by atoms with Gasteiger partial charge in [0.15, 0.2) is 6.29 Å². The Morgan fingerprint density at radius 1 is 0.500 bits per heavy atom. The van der Waals surface area contributed by atoms with Gasteiger partial charge in [-0.05, 0) is 108 Å². The van der Waals surface area contributed by atoms with E-state index >= 15 is 0 Å². The van der Waals surface area contributed by atoms with Crippen LogP contribution in [0.5, 0.6) is 34.5 Å². The molecule has 8 aromatic rings. The largest absolute Gasteiger partial charge is 0.496 e. The van der Waals surface area contributed by atoms with Gasteiger partial charge in [-0.1, -0.05) is 0 Å². The first kappa shape index (κ1) is 74.2. The first-order valence-electron chi connectivity index (χ1n) is 34.8. The minimum Gasteiger partial charge on any atom is -0.496 e. The third kappa shape index (κ3) is 14.3. The van der Waals surface area contributed by atoms with Crippen LogP contribution in [0.2, 0.25) is 0 Å². The van der Waals surface area contributed by atoms with E-state index in [4.69, 9.17) is 38.3 Å². The number of aromatic nitrogens is 4. The highest BCUT2D eigenvalue weighted by Gasteiger charge is 2.52. The molecule has 8 aliphatic heterocycles. The molecule has 108 heavy (non-hydrogen) atoms. The minimum atomic E-state index is -1.00. The van der Waals surface area contributed by atoms with Crippen LogP contribution in [0, 0.1) is 10.8 Å². The van der Waals surface area contributed by atoms with E-state index in [0.29, 0.717) is 47.9 Å². The van der Waals surface area contributed by atoms with Crippen LogP contribution < -0.4 is 55.5 Å². The van der Waals surface area contributed by atoms with Crippen LogP contribution in [-0.4, -0.2) is 221 Å². The SMILES string of the molecule is COc1cc(-c2cn(C)c(=O)c3cnccc23)cc(OC)c1CN1CC2(CN(CCOc3ccc4c(c3)C(=O)N(C3CCC(=O)NC3=O)C4=O)C2)C1.COc1cc(-c2cn(C)c(=O)c3cnccc23)cc(OC)c1CN1CC2(CNC2)C1.O=CCOc1ccc2c(c1)C(=O)N(C1CCC(=O)NC1=O)C2=O.O=CO. The summed E-state index contributed by atoms with van der Waals surface area (Å²) in [6, 6.07) is 18.8. The number of hydrogen-bond acceptors (Lipinski definition) is 24. The molecule has 8 aliphatic rings. The Bertz CT molecular complexity index is 5080. The molecule has 0 bridgehead atoms. The Morgan fingerprint density at radius 2 is 0.898 bits per heavy atom. The van der Waals surface area contributed by atoms with E-state index in [2.05, 4.69) is 40.6 Å². The number of imide groups is 4. The summed E-state index contributed by atoms with van der Waals surface area (Å²) in [5.74, 6) is -0.618. The number of piperidine rings is 2. The van der Waals surface area contributed by atoms with Crippen molar-refractivity contribution in [3.63, 3.8) is 0 Å². The number of pyridine rings is 4. The second-order valence-corrected chi connectivity index (χ2v) is 27.8. The van der Waals surface area contributed by atoms with Crippen LogP contribution in [0.15, 0.2) is 120 Å². The zero-order valence-corrected chi connectivity index (χ0v) is 60.0. The van der Waals surface area contributed by atoms with Crippen molar-refractivity contribution < 1.29 is 81.5 Å². The van der Waals surface area contributed by atoms with Crippen LogP contribution in [0.3, 0.4) is 0 Å². The summed E-state index contributed by atoms with van der Waals surface area (Å²) in [5.41, 5.74) is 6.93. The van der Waals surface area contributed by atoms with E-state index in [9.17, 15) is 52.7 Å². The highest BCUT2D eigenvalue weighted by atomic mass is 16.5. The van der Waals surface area contributed by atoms with Crippen molar-refractivity contribution >= 4 is 81.6 Å². The van der Waals surface area contributed by atoms with Crippen molar-refractivity contribution in [2.45, 2.75) is 50.9 Å². The van der Waals surface area contributed by atoms with Crippen molar-refractivity contribution in [2.75, 3.05) is 101 Å². The number of hydrogen-bond donors (Lipinski definition) is 4. The number of likely N-dealkylation sites (tertiary alicyclic amines) is 3. The zero-order chi connectivity index (χ0) is 76.5.